The van der Waals surface area contributed by atoms with Crippen molar-refractivity contribution in [3.63, 3.8) is 0 Å². The van der Waals surface area contributed by atoms with Gasteiger partial charge in [-0.1, -0.05) is 0 Å². The third-order valence-electron chi connectivity index (χ3n) is 7.09. The maximum Gasteiger partial charge on any atom is 0.305 e. The number of nitrogens with two attached hydrogens (primary N) is 1. The number of rotatable bonds is 17. The number of nitrogens with one attached hydrogen (secondary N) is 5. The zero-order valence-electron chi connectivity index (χ0n) is 26.3. The maximum atomic E-state index is 13.1. The van der Waals surface area contributed by atoms with Gasteiger partial charge in [-0.15, -0.1) is 0 Å². The molecule has 11 N–H and O–H groups in total. The van der Waals surface area contributed by atoms with Crippen LogP contribution in [0.1, 0.15) is 53.9 Å². The molecule has 0 unspecified atom stereocenters. The number of carbonyl (C=O) groups is 8. The Balaban J connectivity index is 3.10. The number of amides is 6. The summed E-state index contributed by atoms with van der Waals surface area (Å²) in [5.74, 6) is -7.52. The first-order valence-electron chi connectivity index (χ1n) is 14.6. The molecule has 46 heavy (non-hydrogen) atoms. The zero-order chi connectivity index (χ0) is 35.5. The number of aliphatic hydroxyl groups is 3. The average Bonchev–Trinajstić information content (AvgIpc) is 3.44. The topological polar surface area (TPSA) is 307 Å². The van der Waals surface area contributed by atoms with Crippen LogP contribution in [0.15, 0.2) is 0 Å². The first-order valence-corrected chi connectivity index (χ1v) is 14.6. The summed E-state index contributed by atoms with van der Waals surface area (Å²) in [6.07, 6.45) is -4.19. The lowest BCUT2D eigenvalue weighted by molar-refractivity contribution is -0.143. The van der Waals surface area contributed by atoms with Crippen molar-refractivity contribution in [1.82, 2.24) is 31.5 Å². The fourth-order valence-corrected chi connectivity index (χ4v) is 4.42. The van der Waals surface area contributed by atoms with E-state index in [1.807, 2.05) is 0 Å². The van der Waals surface area contributed by atoms with Crippen molar-refractivity contribution in [2.45, 2.75) is 114 Å². The third-order valence-corrected chi connectivity index (χ3v) is 7.09. The average molecular weight is 660 g/mol. The standard InChI is InChI=1S/C27H45N7O12/c1-11(28)22(41)29-12(2)23(42)30-17(9-18(39)40)24(43)31-19(13(3)36)25(44)32-20(14(4)37)26(45)33-21(15(5)38)27(46)34-8-6-7-16(34)10-35/h10-17,19-21,36-38H,6-9,28H2,1-5H3,(H,29,41)(H,30,42)(H,31,43)(H,32,44)(H,33,45)(H,39,40)/t11-,12-,13+,14+,15+,16-,17-,19-,20-,21-/m0/s1. The van der Waals surface area contributed by atoms with Crippen molar-refractivity contribution in [2.75, 3.05) is 6.54 Å². The van der Waals surface area contributed by atoms with Crippen LogP contribution in [0.5, 0.6) is 0 Å². The zero-order valence-corrected chi connectivity index (χ0v) is 26.3. The molecule has 1 heterocycles. The molecule has 0 saturated carbocycles. The van der Waals surface area contributed by atoms with Crippen LogP contribution in [0.3, 0.4) is 0 Å². The van der Waals surface area contributed by atoms with E-state index in [1.165, 1.54) is 25.7 Å². The molecule has 0 radical (unpaired) electrons. The summed E-state index contributed by atoms with van der Waals surface area (Å²) in [6.45, 7) is 6.23. The Kier molecular flexibility index (Phi) is 15.6. The lowest BCUT2D eigenvalue weighted by Gasteiger charge is -2.31. The predicted octanol–water partition coefficient (Wildman–Crippen LogP) is -5.42. The summed E-state index contributed by atoms with van der Waals surface area (Å²) in [7, 11) is 0. The van der Waals surface area contributed by atoms with Gasteiger partial charge < -0.3 is 62.4 Å². The van der Waals surface area contributed by atoms with E-state index in [4.69, 9.17) is 5.73 Å². The van der Waals surface area contributed by atoms with Crippen molar-refractivity contribution in [3.8, 4) is 0 Å². The Bertz CT molecular complexity index is 1150. The fraction of sp³-hybridized carbons (Fsp3) is 0.704. The number of carboxylic acid groups (broad SMARTS) is 1. The Hall–Kier alpha value is -4.20. The number of aliphatic hydroxyl groups excluding tert-OH is 3. The molecule has 1 aliphatic heterocycles. The van der Waals surface area contributed by atoms with Crippen molar-refractivity contribution in [3.05, 3.63) is 0 Å². The lowest BCUT2D eigenvalue weighted by Crippen LogP contribution is -2.64. The number of aliphatic carboxylic acids is 1. The molecule has 260 valence electrons. The van der Waals surface area contributed by atoms with E-state index in [1.54, 1.807) is 0 Å². The fourth-order valence-electron chi connectivity index (χ4n) is 4.42. The van der Waals surface area contributed by atoms with Gasteiger partial charge in [0.2, 0.25) is 35.4 Å². The van der Waals surface area contributed by atoms with Crippen molar-refractivity contribution in [2.24, 2.45) is 5.73 Å². The van der Waals surface area contributed by atoms with Crippen LogP contribution in [-0.4, -0.2) is 140 Å². The highest BCUT2D eigenvalue weighted by molar-refractivity contribution is 5.98. The lowest BCUT2D eigenvalue weighted by atomic mass is 10.1. The maximum absolute atomic E-state index is 13.1. The molecule has 1 fully saturated rings. The van der Waals surface area contributed by atoms with Gasteiger partial charge in [0.15, 0.2) is 0 Å². The van der Waals surface area contributed by atoms with E-state index in [0.717, 1.165) is 13.8 Å². The van der Waals surface area contributed by atoms with Crippen molar-refractivity contribution in [1.29, 1.82) is 0 Å². The van der Waals surface area contributed by atoms with Crippen LogP contribution in [0, 0.1) is 0 Å². The molecular formula is C27H45N7O12. The van der Waals surface area contributed by atoms with E-state index >= 15 is 0 Å². The molecule has 1 aliphatic rings. The molecule has 1 rings (SSSR count). The summed E-state index contributed by atoms with van der Waals surface area (Å²) < 4.78 is 0. The summed E-state index contributed by atoms with van der Waals surface area (Å²) in [4.78, 5) is 101. The predicted molar refractivity (Wildman–Crippen MR) is 157 cm³/mol. The SMILES string of the molecule is C[C@H](N)C(=O)N[C@@H](C)C(=O)N[C@@H](CC(=O)O)C(=O)N[C@H](C(=O)N[C@H](C(=O)N[C@H](C(=O)N1CCC[C@H]1C=O)[C@@H](C)O)[C@@H](C)O)[C@@H](C)O. The Labute approximate surface area is 265 Å². The normalized spacial score (nSPS) is 20.3. The van der Waals surface area contributed by atoms with Gasteiger partial charge in [0.1, 0.15) is 36.5 Å². The third kappa shape index (κ3) is 11.6. The first kappa shape index (κ1) is 39.8. The van der Waals surface area contributed by atoms with Gasteiger partial charge in [-0.3, -0.25) is 33.6 Å². The summed E-state index contributed by atoms with van der Waals surface area (Å²) in [5.41, 5.74) is 5.44. The molecule has 0 bridgehead atoms. The Morgan fingerprint density at radius 3 is 1.65 bits per heavy atom. The number of likely N-dealkylation sites (tertiary alicyclic amines) is 1. The van der Waals surface area contributed by atoms with E-state index in [9.17, 15) is 58.8 Å². The molecule has 0 aromatic rings. The van der Waals surface area contributed by atoms with Gasteiger partial charge in [0, 0.05) is 6.54 Å². The second kappa shape index (κ2) is 18.1. The second-order valence-corrected chi connectivity index (χ2v) is 11.2. The Morgan fingerprint density at radius 1 is 0.739 bits per heavy atom. The van der Waals surface area contributed by atoms with Crippen LogP contribution >= 0.6 is 0 Å². The largest absolute Gasteiger partial charge is 0.481 e. The smallest absolute Gasteiger partial charge is 0.305 e. The Morgan fingerprint density at radius 2 is 1.22 bits per heavy atom. The first-order chi connectivity index (χ1) is 21.3. The van der Waals surface area contributed by atoms with Crippen LogP contribution in [0.4, 0.5) is 0 Å². The van der Waals surface area contributed by atoms with Gasteiger partial charge in [0.05, 0.1) is 36.8 Å². The molecule has 19 heteroatoms. The number of aldehydes is 1. The molecule has 0 aliphatic carbocycles. The van der Waals surface area contributed by atoms with Crippen LogP contribution in [0.2, 0.25) is 0 Å². The number of hydrogen-bond acceptors (Lipinski definition) is 12. The van der Waals surface area contributed by atoms with Gasteiger partial charge in [-0.05, 0) is 47.5 Å². The van der Waals surface area contributed by atoms with Crippen LogP contribution in [0.25, 0.3) is 0 Å². The van der Waals surface area contributed by atoms with Gasteiger partial charge >= 0.3 is 5.97 Å². The molecule has 0 aromatic heterocycles. The van der Waals surface area contributed by atoms with Crippen LogP contribution < -0.4 is 32.3 Å². The molecule has 1 saturated heterocycles. The monoisotopic (exact) mass is 659 g/mol. The van der Waals surface area contributed by atoms with Gasteiger partial charge in [-0.25, -0.2) is 0 Å². The molecule has 0 spiro atoms. The van der Waals surface area contributed by atoms with Crippen molar-refractivity contribution >= 4 is 47.7 Å². The number of carbonyl (C=O) groups excluding carboxylic acids is 7. The molecular weight excluding hydrogens is 614 g/mol. The highest BCUT2D eigenvalue weighted by atomic mass is 16.4. The molecule has 10 atom stereocenters. The highest BCUT2D eigenvalue weighted by Crippen LogP contribution is 2.17. The number of nitrogens with zero attached hydrogens (tertiary/aromatic N) is 1. The number of hydrogen-bond donors (Lipinski definition) is 10. The minimum Gasteiger partial charge on any atom is -0.481 e. The minimum atomic E-state index is -1.85. The van der Waals surface area contributed by atoms with Crippen LogP contribution in [-0.2, 0) is 38.4 Å². The second-order valence-electron chi connectivity index (χ2n) is 11.2. The summed E-state index contributed by atoms with van der Waals surface area (Å²) in [5, 5.41) is 50.9. The van der Waals surface area contributed by atoms with E-state index in [2.05, 4.69) is 26.6 Å². The van der Waals surface area contributed by atoms with Gasteiger partial charge in [-0.2, -0.15) is 0 Å². The van der Waals surface area contributed by atoms with Gasteiger partial charge in [0.25, 0.3) is 0 Å². The van der Waals surface area contributed by atoms with Crippen molar-refractivity contribution < 1.29 is 58.8 Å². The summed E-state index contributed by atoms with van der Waals surface area (Å²) >= 11 is 0. The number of carboxylic acids is 1. The van der Waals surface area contributed by atoms with E-state index in [-0.39, 0.29) is 6.54 Å². The molecule has 19 nitrogen and oxygen atoms in total. The molecule has 6 amide bonds. The molecule has 0 aromatic carbocycles. The highest BCUT2D eigenvalue weighted by Gasteiger charge is 2.39. The minimum absolute atomic E-state index is 0.206. The van der Waals surface area contributed by atoms with E-state index in [0.29, 0.717) is 19.1 Å². The quantitative estimate of drug-likeness (QED) is 0.0653. The van der Waals surface area contributed by atoms with E-state index < -0.39 is 108 Å². The summed E-state index contributed by atoms with van der Waals surface area (Å²) in [6, 6.07) is -9.94.